The Balaban J connectivity index is 1.25. The predicted molar refractivity (Wildman–Crippen MR) is 132 cm³/mol. The molecule has 7 heteroatoms. The summed E-state index contributed by atoms with van der Waals surface area (Å²) in [7, 11) is 0. The quantitative estimate of drug-likeness (QED) is 0.594. The second-order valence-electron chi connectivity index (χ2n) is 9.33. The summed E-state index contributed by atoms with van der Waals surface area (Å²) in [6, 6.07) is 12.6. The smallest absolute Gasteiger partial charge is 0.225 e. The van der Waals surface area contributed by atoms with Crippen LogP contribution in [0.15, 0.2) is 48.8 Å². The van der Waals surface area contributed by atoms with Crippen molar-refractivity contribution in [1.82, 2.24) is 24.8 Å². The topological polar surface area (TPSA) is 61.3 Å². The van der Waals surface area contributed by atoms with E-state index in [0.717, 1.165) is 80.6 Å². The van der Waals surface area contributed by atoms with Crippen LogP contribution in [0.3, 0.4) is 0 Å². The number of benzene rings is 1. The van der Waals surface area contributed by atoms with Crippen molar-refractivity contribution in [1.29, 1.82) is 0 Å². The monoisotopic (exact) mass is 443 g/mol. The van der Waals surface area contributed by atoms with Gasteiger partial charge in [0.2, 0.25) is 11.9 Å². The second-order valence-corrected chi connectivity index (χ2v) is 9.33. The van der Waals surface area contributed by atoms with Gasteiger partial charge < -0.3 is 9.80 Å². The minimum Gasteiger partial charge on any atom is -0.341 e. The molecule has 2 aromatic heterocycles. The van der Waals surface area contributed by atoms with Gasteiger partial charge in [0.05, 0.1) is 11.4 Å². The lowest BCUT2D eigenvalue weighted by atomic mass is 10.00. The molecule has 5 rings (SSSR count). The van der Waals surface area contributed by atoms with Crippen LogP contribution in [0.1, 0.15) is 31.0 Å². The summed E-state index contributed by atoms with van der Waals surface area (Å²) < 4.78 is 0. The van der Waals surface area contributed by atoms with Crippen LogP contribution in [-0.2, 0) is 6.54 Å². The van der Waals surface area contributed by atoms with E-state index in [4.69, 9.17) is 15.0 Å². The van der Waals surface area contributed by atoms with E-state index in [9.17, 15) is 0 Å². The molecule has 0 unspecified atom stereocenters. The highest BCUT2D eigenvalue weighted by Gasteiger charge is 2.21. The second kappa shape index (κ2) is 9.83. The SMILES string of the molecule is Cc1nc(N2CCC(C)CC2)ncc1-c1ccnc(N2CCN(Cc3ccccc3)CC2)n1. The number of piperidine rings is 1. The van der Waals surface area contributed by atoms with Crippen molar-refractivity contribution in [3.63, 3.8) is 0 Å². The van der Waals surface area contributed by atoms with Crippen LogP contribution in [0.5, 0.6) is 0 Å². The molecule has 2 fully saturated rings. The molecule has 0 atom stereocenters. The molecule has 1 aromatic carbocycles. The summed E-state index contributed by atoms with van der Waals surface area (Å²) in [6.07, 6.45) is 6.20. The molecule has 33 heavy (non-hydrogen) atoms. The molecular weight excluding hydrogens is 410 g/mol. The molecule has 0 radical (unpaired) electrons. The van der Waals surface area contributed by atoms with Crippen molar-refractivity contribution in [2.24, 2.45) is 5.92 Å². The first kappa shape index (κ1) is 21.8. The number of aromatic nitrogens is 4. The average Bonchev–Trinajstić information content (AvgIpc) is 2.86. The van der Waals surface area contributed by atoms with E-state index in [0.29, 0.717) is 0 Å². The lowest BCUT2D eigenvalue weighted by Gasteiger charge is -2.34. The number of anilines is 2. The van der Waals surface area contributed by atoms with E-state index >= 15 is 0 Å². The highest BCUT2D eigenvalue weighted by Crippen LogP contribution is 2.25. The van der Waals surface area contributed by atoms with Gasteiger partial charge in [0, 0.05) is 63.8 Å². The molecule has 7 nitrogen and oxygen atoms in total. The fourth-order valence-electron chi connectivity index (χ4n) is 4.67. The molecule has 0 spiro atoms. The first-order valence-corrected chi connectivity index (χ1v) is 12.1. The highest BCUT2D eigenvalue weighted by atomic mass is 15.3. The molecule has 0 amide bonds. The maximum atomic E-state index is 4.89. The maximum Gasteiger partial charge on any atom is 0.225 e. The van der Waals surface area contributed by atoms with Crippen molar-refractivity contribution >= 4 is 11.9 Å². The van der Waals surface area contributed by atoms with Crippen LogP contribution in [0.25, 0.3) is 11.3 Å². The Morgan fingerprint density at radius 2 is 1.52 bits per heavy atom. The minimum atomic E-state index is 0.792. The van der Waals surface area contributed by atoms with E-state index in [2.05, 4.69) is 63.9 Å². The van der Waals surface area contributed by atoms with Gasteiger partial charge in [0.15, 0.2) is 0 Å². The molecule has 0 aliphatic carbocycles. The molecular formula is C26H33N7. The molecule has 172 valence electrons. The van der Waals surface area contributed by atoms with E-state index in [1.54, 1.807) is 0 Å². The Kier molecular flexibility index (Phi) is 6.48. The van der Waals surface area contributed by atoms with Gasteiger partial charge in [-0.3, -0.25) is 4.90 Å². The summed E-state index contributed by atoms with van der Waals surface area (Å²) in [6.45, 7) is 11.3. The van der Waals surface area contributed by atoms with Crippen molar-refractivity contribution in [3.8, 4) is 11.3 Å². The molecule has 2 aliphatic heterocycles. The molecule has 0 saturated carbocycles. The normalized spacial score (nSPS) is 18.0. The number of nitrogens with zero attached hydrogens (tertiary/aromatic N) is 7. The van der Waals surface area contributed by atoms with E-state index < -0.39 is 0 Å². The molecule has 0 bridgehead atoms. The zero-order valence-corrected chi connectivity index (χ0v) is 19.7. The molecule has 0 N–H and O–H groups in total. The Morgan fingerprint density at radius 1 is 0.818 bits per heavy atom. The van der Waals surface area contributed by atoms with Gasteiger partial charge in [-0.25, -0.2) is 19.9 Å². The third kappa shape index (κ3) is 5.14. The highest BCUT2D eigenvalue weighted by molar-refractivity contribution is 5.62. The lowest BCUT2D eigenvalue weighted by Crippen LogP contribution is -2.46. The predicted octanol–water partition coefficient (Wildman–Crippen LogP) is 3.80. The third-order valence-electron chi connectivity index (χ3n) is 6.86. The fourth-order valence-corrected chi connectivity index (χ4v) is 4.67. The Bertz CT molecular complexity index is 1060. The average molecular weight is 444 g/mol. The van der Waals surface area contributed by atoms with Crippen molar-refractivity contribution in [3.05, 3.63) is 60.0 Å². The van der Waals surface area contributed by atoms with Gasteiger partial charge >= 0.3 is 0 Å². The maximum absolute atomic E-state index is 4.89. The van der Waals surface area contributed by atoms with Crippen LogP contribution >= 0.6 is 0 Å². The first-order chi connectivity index (χ1) is 16.2. The Hall–Kier alpha value is -3.06. The summed E-state index contributed by atoms with van der Waals surface area (Å²) >= 11 is 0. The minimum absolute atomic E-state index is 0.792. The van der Waals surface area contributed by atoms with Crippen LogP contribution in [0.2, 0.25) is 0 Å². The largest absolute Gasteiger partial charge is 0.341 e. The van der Waals surface area contributed by atoms with Crippen LogP contribution in [0.4, 0.5) is 11.9 Å². The summed E-state index contributed by atoms with van der Waals surface area (Å²) in [5, 5.41) is 0. The summed E-state index contributed by atoms with van der Waals surface area (Å²) in [4.78, 5) is 26.1. The van der Waals surface area contributed by atoms with E-state index in [1.165, 1.54) is 18.4 Å². The zero-order chi connectivity index (χ0) is 22.6. The number of hydrogen-bond donors (Lipinski definition) is 0. The third-order valence-corrected chi connectivity index (χ3v) is 6.86. The standard InChI is InChI=1S/C26H33N7/c1-20-9-12-32(13-10-20)26-28-18-23(21(2)29-26)24-8-11-27-25(30-24)33-16-14-31(15-17-33)19-22-6-4-3-5-7-22/h3-8,11,18,20H,9-10,12-17,19H2,1-2H3. The lowest BCUT2D eigenvalue weighted by molar-refractivity contribution is 0.248. The summed E-state index contributed by atoms with van der Waals surface area (Å²) in [5.41, 5.74) is 4.21. The number of piperazine rings is 1. The molecule has 4 heterocycles. The van der Waals surface area contributed by atoms with Crippen LogP contribution in [-0.4, -0.2) is 64.1 Å². The van der Waals surface area contributed by atoms with Crippen molar-refractivity contribution in [2.45, 2.75) is 33.2 Å². The number of aryl methyl sites for hydroxylation is 1. The Labute approximate surface area is 196 Å². The van der Waals surface area contributed by atoms with Crippen LogP contribution in [0, 0.1) is 12.8 Å². The molecule has 3 aromatic rings. The van der Waals surface area contributed by atoms with Crippen molar-refractivity contribution < 1.29 is 0 Å². The fraction of sp³-hybridized carbons (Fsp3) is 0.462. The van der Waals surface area contributed by atoms with Gasteiger partial charge in [-0.2, -0.15) is 0 Å². The van der Waals surface area contributed by atoms with Crippen LogP contribution < -0.4 is 9.80 Å². The number of hydrogen-bond acceptors (Lipinski definition) is 7. The van der Waals surface area contributed by atoms with Gasteiger partial charge in [0.1, 0.15) is 0 Å². The molecule has 2 aliphatic rings. The van der Waals surface area contributed by atoms with E-state index in [-0.39, 0.29) is 0 Å². The van der Waals surface area contributed by atoms with Gasteiger partial charge in [-0.15, -0.1) is 0 Å². The first-order valence-electron chi connectivity index (χ1n) is 12.1. The van der Waals surface area contributed by atoms with E-state index in [1.807, 2.05) is 18.5 Å². The molecule has 2 saturated heterocycles. The van der Waals surface area contributed by atoms with Gasteiger partial charge in [0.25, 0.3) is 0 Å². The van der Waals surface area contributed by atoms with Crippen molar-refractivity contribution in [2.75, 3.05) is 49.1 Å². The Morgan fingerprint density at radius 3 is 2.24 bits per heavy atom. The zero-order valence-electron chi connectivity index (χ0n) is 19.7. The number of rotatable bonds is 5. The van der Waals surface area contributed by atoms with Gasteiger partial charge in [-0.1, -0.05) is 37.3 Å². The summed E-state index contributed by atoms with van der Waals surface area (Å²) in [5.74, 6) is 2.42. The van der Waals surface area contributed by atoms with Gasteiger partial charge in [-0.05, 0) is 37.3 Å².